The fraction of sp³-hybridized carbons (Fsp3) is 0.444. The van der Waals surface area contributed by atoms with E-state index in [4.69, 9.17) is 11.6 Å². The van der Waals surface area contributed by atoms with E-state index in [1.807, 2.05) is 28.8 Å². The van der Waals surface area contributed by atoms with Crippen molar-refractivity contribution in [3.05, 3.63) is 47.2 Å². The van der Waals surface area contributed by atoms with Gasteiger partial charge in [-0.2, -0.15) is 0 Å². The summed E-state index contributed by atoms with van der Waals surface area (Å²) in [5, 5.41) is 14.0. The van der Waals surface area contributed by atoms with Crippen molar-refractivity contribution >= 4 is 23.5 Å². The number of hydrogen-bond donors (Lipinski definition) is 2. The Hall–Kier alpha value is -1.85. The Labute approximate surface area is 146 Å². The number of amides is 1. The van der Waals surface area contributed by atoms with Crippen molar-refractivity contribution < 1.29 is 9.90 Å². The Kier molecular flexibility index (Phi) is 5.21. The van der Waals surface area contributed by atoms with Crippen LogP contribution in [0.1, 0.15) is 44.1 Å². The number of nitrogens with one attached hydrogen (secondary N) is 1. The van der Waals surface area contributed by atoms with Gasteiger partial charge in [0, 0.05) is 17.4 Å². The van der Waals surface area contributed by atoms with Gasteiger partial charge in [-0.3, -0.25) is 10.1 Å². The van der Waals surface area contributed by atoms with Crippen molar-refractivity contribution in [1.82, 2.24) is 9.55 Å². The zero-order valence-electron chi connectivity index (χ0n) is 13.5. The van der Waals surface area contributed by atoms with Crippen molar-refractivity contribution in [1.29, 1.82) is 0 Å². The van der Waals surface area contributed by atoms with Crippen LogP contribution >= 0.6 is 11.6 Å². The van der Waals surface area contributed by atoms with Crippen LogP contribution in [0.4, 0.5) is 5.95 Å². The molecular weight excluding hydrogens is 326 g/mol. The van der Waals surface area contributed by atoms with Crippen molar-refractivity contribution in [2.24, 2.45) is 0 Å². The first-order valence-corrected chi connectivity index (χ1v) is 8.70. The summed E-state index contributed by atoms with van der Waals surface area (Å²) >= 11 is 6.19. The van der Waals surface area contributed by atoms with E-state index in [0.717, 1.165) is 24.8 Å². The van der Waals surface area contributed by atoms with Gasteiger partial charge in [-0.05, 0) is 24.5 Å². The van der Waals surface area contributed by atoms with Gasteiger partial charge in [0.25, 0.3) is 0 Å². The van der Waals surface area contributed by atoms with E-state index in [2.05, 4.69) is 10.3 Å². The topological polar surface area (TPSA) is 67.2 Å². The molecule has 0 unspecified atom stereocenters. The lowest BCUT2D eigenvalue weighted by Gasteiger charge is -2.31. The minimum atomic E-state index is -0.873. The molecule has 1 aliphatic rings. The van der Waals surface area contributed by atoms with Gasteiger partial charge in [0.1, 0.15) is 0 Å². The highest BCUT2D eigenvalue weighted by molar-refractivity contribution is 6.31. The molecule has 0 atom stereocenters. The summed E-state index contributed by atoms with van der Waals surface area (Å²) in [5.41, 5.74) is 0.0845. The third-order valence-corrected chi connectivity index (χ3v) is 4.91. The summed E-state index contributed by atoms with van der Waals surface area (Å²) in [6.07, 6.45) is 8.02. The van der Waals surface area contributed by atoms with Crippen LogP contribution in [-0.4, -0.2) is 26.2 Å². The predicted molar refractivity (Wildman–Crippen MR) is 94.1 cm³/mol. The largest absolute Gasteiger partial charge is 0.389 e. The minimum absolute atomic E-state index is 0.117. The highest BCUT2D eigenvalue weighted by Gasteiger charge is 2.31. The standard InChI is InChI=1S/C18H22ClN3O2/c19-15-7-3-2-6-14(15)13-22-11-10-20-17(22)21-16(23)12-18(24)8-4-1-5-9-18/h2-3,6-7,10-11,24H,1,4-5,8-9,12-13H2,(H,20,21,23). The summed E-state index contributed by atoms with van der Waals surface area (Å²) in [6, 6.07) is 7.59. The Morgan fingerprint density at radius 3 is 2.79 bits per heavy atom. The average molecular weight is 348 g/mol. The molecule has 5 nitrogen and oxygen atoms in total. The van der Waals surface area contributed by atoms with Gasteiger partial charge in [-0.25, -0.2) is 4.98 Å². The number of rotatable bonds is 5. The van der Waals surface area contributed by atoms with Crippen LogP contribution in [0.2, 0.25) is 5.02 Å². The highest BCUT2D eigenvalue weighted by atomic mass is 35.5. The fourth-order valence-corrected chi connectivity index (χ4v) is 3.42. The molecule has 0 radical (unpaired) electrons. The molecule has 128 valence electrons. The molecule has 6 heteroatoms. The third kappa shape index (κ3) is 4.16. The molecule has 1 aliphatic carbocycles. The van der Waals surface area contributed by atoms with Gasteiger partial charge in [-0.15, -0.1) is 0 Å². The van der Waals surface area contributed by atoms with Crippen molar-refractivity contribution in [2.45, 2.75) is 50.7 Å². The smallest absolute Gasteiger partial charge is 0.229 e. The van der Waals surface area contributed by atoms with Gasteiger partial charge in [-0.1, -0.05) is 49.1 Å². The maximum atomic E-state index is 12.3. The van der Waals surface area contributed by atoms with Crippen LogP contribution in [0.25, 0.3) is 0 Å². The number of carbonyl (C=O) groups excluding carboxylic acids is 1. The molecule has 1 amide bonds. The van der Waals surface area contributed by atoms with Crippen LogP contribution in [0.5, 0.6) is 0 Å². The van der Waals surface area contributed by atoms with E-state index >= 15 is 0 Å². The van der Waals surface area contributed by atoms with Crippen LogP contribution in [0.15, 0.2) is 36.7 Å². The summed E-state index contributed by atoms with van der Waals surface area (Å²) in [4.78, 5) is 16.5. The van der Waals surface area contributed by atoms with Crippen LogP contribution < -0.4 is 5.32 Å². The number of benzene rings is 1. The second kappa shape index (κ2) is 7.36. The number of aliphatic hydroxyl groups is 1. The zero-order valence-corrected chi connectivity index (χ0v) is 14.3. The van der Waals surface area contributed by atoms with Gasteiger partial charge in [0.15, 0.2) is 0 Å². The van der Waals surface area contributed by atoms with E-state index in [9.17, 15) is 9.90 Å². The zero-order chi connectivity index (χ0) is 17.0. The van der Waals surface area contributed by atoms with Crippen molar-refractivity contribution in [2.75, 3.05) is 5.32 Å². The molecule has 1 aromatic heterocycles. The van der Waals surface area contributed by atoms with Crippen molar-refractivity contribution in [3.63, 3.8) is 0 Å². The fourth-order valence-electron chi connectivity index (χ4n) is 3.23. The molecule has 0 spiro atoms. The third-order valence-electron chi connectivity index (χ3n) is 4.54. The lowest BCUT2D eigenvalue weighted by Crippen LogP contribution is -2.36. The van der Waals surface area contributed by atoms with Gasteiger partial charge >= 0.3 is 0 Å². The van der Waals surface area contributed by atoms with Crippen LogP contribution in [0, 0.1) is 0 Å². The molecule has 1 heterocycles. The SMILES string of the molecule is O=C(CC1(O)CCCCC1)Nc1nccn1Cc1ccccc1Cl. The first-order valence-electron chi connectivity index (χ1n) is 8.33. The number of halogens is 1. The molecule has 3 rings (SSSR count). The molecule has 1 saturated carbocycles. The number of hydrogen-bond acceptors (Lipinski definition) is 3. The van der Waals surface area contributed by atoms with Crippen molar-refractivity contribution in [3.8, 4) is 0 Å². The van der Waals surface area contributed by atoms with E-state index in [1.165, 1.54) is 0 Å². The second-order valence-electron chi connectivity index (χ2n) is 6.48. The van der Waals surface area contributed by atoms with E-state index < -0.39 is 5.60 Å². The molecule has 24 heavy (non-hydrogen) atoms. The lowest BCUT2D eigenvalue weighted by molar-refractivity contribution is -0.122. The first-order chi connectivity index (χ1) is 11.6. The summed E-state index contributed by atoms with van der Waals surface area (Å²) in [7, 11) is 0. The number of nitrogens with zero attached hydrogens (tertiary/aromatic N) is 2. The van der Waals surface area contributed by atoms with E-state index in [0.29, 0.717) is 30.4 Å². The lowest BCUT2D eigenvalue weighted by atomic mass is 9.82. The first kappa shape index (κ1) is 17.0. The average Bonchev–Trinajstić information content (AvgIpc) is 2.96. The number of imidazole rings is 1. The van der Waals surface area contributed by atoms with Gasteiger partial charge < -0.3 is 9.67 Å². The summed E-state index contributed by atoms with van der Waals surface area (Å²) in [5.74, 6) is 0.269. The quantitative estimate of drug-likeness (QED) is 0.868. The van der Waals surface area contributed by atoms with Gasteiger partial charge in [0.05, 0.1) is 18.6 Å². The minimum Gasteiger partial charge on any atom is -0.389 e. The molecule has 0 aliphatic heterocycles. The summed E-state index contributed by atoms with van der Waals surface area (Å²) in [6.45, 7) is 0.527. The van der Waals surface area contributed by atoms with Gasteiger partial charge in [0.2, 0.25) is 11.9 Å². The predicted octanol–water partition coefficient (Wildman–Crippen LogP) is 3.61. The second-order valence-corrected chi connectivity index (χ2v) is 6.89. The maximum absolute atomic E-state index is 12.3. The number of carbonyl (C=O) groups is 1. The van der Waals surface area contributed by atoms with E-state index in [1.54, 1.807) is 12.4 Å². The number of anilines is 1. The van der Waals surface area contributed by atoms with Crippen LogP contribution in [-0.2, 0) is 11.3 Å². The number of aromatic nitrogens is 2. The van der Waals surface area contributed by atoms with E-state index in [-0.39, 0.29) is 12.3 Å². The normalized spacial score (nSPS) is 16.8. The Balaban J connectivity index is 1.65. The molecule has 1 fully saturated rings. The Morgan fingerprint density at radius 2 is 2.04 bits per heavy atom. The molecule has 2 N–H and O–H groups in total. The molecule has 0 saturated heterocycles. The van der Waals surface area contributed by atoms with Crippen LogP contribution in [0.3, 0.4) is 0 Å². The molecule has 0 bridgehead atoms. The highest BCUT2D eigenvalue weighted by Crippen LogP contribution is 2.31. The summed E-state index contributed by atoms with van der Waals surface area (Å²) < 4.78 is 1.84. The Bertz CT molecular complexity index is 708. The molecular formula is C18H22ClN3O2. The maximum Gasteiger partial charge on any atom is 0.229 e. The molecule has 1 aromatic carbocycles. The Morgan fingerprint density at radius 1 is 1.29 bits per heavy atom. The molecule has 2 aromatic rings. The monoisotopic (exact) mass is 347 g/mol.